The Hall–Kier alpha value is -2.66. The van der Waals surface area contributed by atoms with Crippen LogP contribution in [0.5, 0.6) is 0 Å². The van der Waals surface area contributed by atoms with Crippen molar-refractivity contribution in [1.29, 1.82) is 0 Å². The largest absolute Gasteiger partial charge is 0.342 e. The van der Waals surface area contributed by atoms with E-state index >= 15 is 0 Å². The van der Waals surface area contributed by atoms with Gasteiger partial charge in [-0.25, -0.2) is 0 Å². The van der Waals surface area contributed by atoms with E-state index in [1.54, 1.807) is 13.8 Å². The van der Waals surface area contributed by atoms with Gasteiger partial charge in [-0.3, -0.25) is 9.59 Å². The van der Waals surface area contributed by atoms with Crippen molar-refractivity contribution < 1.29 is 9.59 Å². The van der Waals surface area contributed by atoms with Gasteiger partial charge in [-0.05, 0) is 69.3 Å². The molecule has 0 radical (unpaired) electrons. The molecular weight excluding hydrogens is 398 g/mol. The third kappa shape index (κ3) is 6.67. The third-order valence-corrected chi connectivity index (χ3v) is 6.33. The van der Waals surface area contributed by atoms with Gasteiger partial charge in [0, 0.05) is 32.6 Å². The van der Waals surface area contributed by atoms with Crippen molar-refractivity contribution in [3.05, 3.63) is 70.8 Å². The van der Waals surface area contributed by atoms with Gasteiger partial charge in [0.15, 0.2) is 0 Å². The Kier molecular flexibility index (Phi) is 8.08. The summed E-state index contributed by atoms with van der Waals surface area (Å²) in [6.07, 6.45) is 2.98. The maximum atomic E-state index is 12.8. The van der Waals surface area contributed by atoms with Crippen LogP contribution in [0.3, 0.4) is 0 Å². The van der Waals surface area contributed by atoms with E-state index in [0.717, 1.165) is 32.4 Å². The third-order valence-electron chi connectivity index (χ3n) is 6.33. The lowest BCUT2D eigenvalue weighted by atomic mass is 9.98. The van der Waals surface area contributed by atoms with Gasteiger partial charge in [0.2, 0.25) is 11.8 Å². The molecule has 0 unspecified atom stereocenters. The van der Waals surface area contributed by atoms with Crippen molar-refractivity contribution in [3.8, 4) is 0 Å². The van der Waals surface area contributed by atoms with Crippen LogP contribution in [0.2, 0.25) is 0 Å². The molecule has 5 nitrogen and oxygen atoms in total. The first-order valence-electron chi connectivity index (χ1n) is 11.7. The number of benzene rings is 2. The average Bonchev–Trinajstić information content (AvgIpc) is 2.76. The van der Waals surface area contributed by atoms with Crippen LogP contribution in [-0.4, -0.2) is 60.4 Å². The smallest absolute Gasteiger partial charge is 0.247 e. The van der Waals surface area contributed by atoms with Gasteiger partial charge in [0.25, 0.3) is 0 Å². The SMILES string of the molecule is Cc1ccccc1Cc1ccc(CCCC(=O)NC(C)(C)C(=O)N2CCN(C)CC2)cc1. The second-order valence-corrected chi connectivity index (χ2v) is 9.54. The summed E-state index contributed by atoms with van der Waals surface area (Å²) in [5, 5.41) is 2.95. The van der Waals surface area contributed by atoms with E-state index in [9.17, 15) is 9.59 Å². The Morgan fingerprint density at radius 3 is 2.22 bits per heavy atom. The molecule has 1 N–H and O–H groups in total. The molecule has 2 amide bonds. The van der Waals surface area contributed by atoms with Crippen molar-refractivity contribution in [2.75, 3.05) is 33.2 Å². The van der Waals surface area contributed by atoms with E-state index in [0.29, 0.717) is 19.5 Å². The van der Waals surface area contributed by atoms with Gasteiger partial charge in [-0.2, -0.15) is 0 Å². The maximum absolute atomic E-state index is 12.8. The Morgan fingerprint density at radius 2 is 1.56 bits per heavy atom. The Morgan fingerprint density at radius 1 is 0.938 bits per heavy atom. The van der Waals surface area contributed by atoms with Crippen LogP contribution >= 0.6 is 0 Å². The fraction of sp³-hybridized carbons (Fsp3) is 0.481. The Labute approximate surface area is 192 Å². The number of likely N-dealkylation sites (N-methyl/N-ethyl adjacent to an activating group) is 1. The van der Waals surface area contributed by atoms with E-state index in [-0.39, 0.29) is 11.8 Å². The summed E-state index contributed by atoms with van der Waals surface area (Å²) in [4.78, 5) is 29.4. The van der Waals surface area contributed by atoms with Crippen molar-refractivity contribution >= 4 is 11.8 Å². The summed E-state index contributed by atoms with van der Waals surface area (Å²) < 4.78 is 0. The molecule has 172 valence electrons. The van der Waals surface area contributed by atoms with Crippen LogP contribution in [0.4, 0.5) is 0 Å². The first kappa shape index (κ1) is 24.0. The number of hydrogen-bond donors (Lipinski definition) is 1. The van der Waals surface area contributed by atoms with Gasteiger partial charge in [-0.1, -0.05) is 48.5 Å². The normalized spacial score (nSPS) is 14.9. The Balaban J connectivity index is 1.43. The predicted octanol–water partition coefficient (Wildman–Crippen LogP) is 3.58. The van der Waals surface area contributed by atoms with Gasteiger partial charge >= 0.3 is 0 Å². The molecule has 1 heterocycles. The minimum atomic E-state index is -0.871. The summed E-state index contributed by atoms with van der Waals surface area (Å²) in [7, 11) is 2.06. The van der Waals surface area contributed by atoms with Crippen LogP contribution in [-0.2, 0) is 22.4 Å². The second-order valence-electron chi connectivity index (χ2n) is 9.54. The van der Waals surface area contributed by atoms with Crippen LogP contribution in [0.1, 0.15) is 48.9 Å². The number of nitrogens with one attached hydrogen (secondary N) is 1. The molecule has 2 aromatic rings. The van der Waals surface area contributed by atoms with E-state index in [2.05, 4.69) is 72.7 Å². The summed E-state index contributed by atoms with van der Waals surface area (Å²) in [6.45, 7) is 8.94. The molecule has 0 atom stereocenters. The lowest BCUT2D eigenvalue weighted by Gasteiger charge is -2.37. The molecule has 1 aliphatic rings. The molecule has 3 rings (SSSR count). The summed E-state index contributed by atoms with van der Waals surface area (Å²) in [6, 6.07) is 17.2. The van der Waals surface area contributed by atoms with Crippen molar-refractivity contribution in [2.24, 2.45) is 0 Å². The van der Waals surface area contributed by atoms with E-state index in [1.165, 1.54) is 22.3 Å². The average molecular weight is 436 g/mol. The monoisotopic (exact) mass is 435 g/mol. The van der Waals surface area contributed by atoms with Crippen LogP contribution < -0.4 is 5.32 Å². The zero-order valence-electron chi connectivity index (χ0n) is 20.0. The van der Waals surface area contributed by atoms with Crippen LogP contribution in [0, 0.1) is 6.92 Å². The topological polar surface area (TPSA) is 52.7 Å². The molecule has 0 bridgehead atoms. The minimum absolute atomic E-state index is 0.00296. The summed E-state index contributed by atoms with van der Waals surface area (Å²) >= 11 is 0. The fourth-order valence-corrected chi connectivity index (χ4v) is 4.17. The molecule has 1 saturated heterocycles. The fourth-order valence-electron chi connectivity index (χ4n) is 4.17. The second kappa shape index (κ2) is 10.8. The molecule has 0 saturated carbocycles. The molecule has 1 fully saturated rings. The number of aryl methyl sites for hydroxylation is 2. The molecular formula is C27H37N3O2. The van der Waals surface area contributed by atoms with Crippen LogP contribution in [0.15, 0.2) is 48.5 Å². The minimum Gasteiger partial charge on any atom is -0.342 e. The summed E-state index contributed by atoms with van der Waals surface area (Å²) in [5.41, 5.74) is 4.33. The zero-order valence-corrected chi connectivity index (χ0v) is 20.0. The quantitative estimate of drug-likeness (QED) is 0.690. The molecule has 32 heavy (non-hydrogen) atoms. The summed E-state index contributed by atoms with van der Waals surface area (Å²) in [5.74, 6) is -0.0585. The number of carbonyl (C=O) groups excluding carboxylic acids is 2. The first-order valence-corrected chi connectivity index (χ1v) is 11.7. The maximum Gasteiger partial charge on any atom is 0.247 e. The van der Waals surface area contributed by atoms with Gasteiger partial charge in [0.1, 0.15) is 5.54 Å². The Bertz CT molecular complexity index is 913. The number of amides is 2. The molecule has 0 aliphatic carbocycles. The molecule has 2 aromatic carbocycles. The lowest BCUT2D eigenvalue weighted by Crippen LogP contribution is -2.59. The predicted molar refractivity (Wildman–Crippen MR) is 130 cm³/mol. The van der Waals surface area contributed by atoms with E-state index < -0.39 is 5.54 Å². The highest BCUT2D eigenvalue weighted by Gasteiger charge is 2.34. The molecule has 5 heteroatoms. The van der Waals surface area contributed by atoms with Gasteiger partial charge in [-0.15, -0.1) is 0 Å². The highest BCUT2D eigenvalue weighted by molar-refractivity contribution is 5.90. The first-order chi connectivity index (χ1) is 15.2. The van der Waals surface area contributed by atoms with Crippen molar-refractivity contribution in [1.82, 2.24) is 15.1 Å². The number of hydrogen-bond acceptors (Lipinski definition) is 3. The number of piperazine rings is 1. The number of nitrogens with zero attached hydrogens (tertiary/aromatic N) is 2. The standard InChI is InChI=1S/C27H37N3O2/c1-21-8-5-6-10-24(21)20-23-14-12-22(13-15-23)9-7-11-25(31)28-27(2,3)26(32)30-18-16-29(4)17-19-30/h5-6,8,10,12-15H,7,9,11,16-20H2,1-4H3,(H,28,31). The van der Waals surface area contributed by atoms with Crippen molar-refractivity contribution in [3.63, 3.8) is 0 Å². The number of carbonyl (C=O) groups is 2. The highest BCUT2D eigenvalue weighted by Crippen LogP contribution is 2.16. The highest BCUT2D eigenvalue weighted by atomic mass is 16.2. The molecule has 0 spiro atoms. The van der Waals surface area contributed by atoms with Crippen LogP contribution in [0.25, 0.3) is 0 Å². The number of rotatable bonds is 8. The van der Waals surface area contributed by atoms with Gasteiger partial charge < -0.3 is 15.1 Å². The lowest BCUT2D eigenvalue weighted by molar-refractivity contribution is -0.141. The van der Waals surface area contributed by atoms with E-state index in [4.69, 9.17) is 0 Å². The van der Waals surface area contributed by atoms with Crippen molar-refractivity contribution in [2.45, 2.75) is 52.0 Å². The van der Waals surface area contributed by atoms with E-state index in [1.807, 2.05) is 4.90 Å². The zero-order chi connectivity index (χ0) is 23.1. The molecule has 1 aliphatic heterocycles. The van der Waals surface area contributed by atoms with Gasteiger partial charge in [0.05, 0.1) is 0 Å². The molecule has 0 aromatic heterocycles.